The molecule has 1 aromatic heterocycles. The van der Waals surface area contributed by atoms with Crippen molar-refractivity contribution in [3.05, 3.63) is 53.9 Å². The molecule has 0 unspecified atom stereocenters. The molecule has 0 radical (unpaired) electrons. The van der Waals surface area contributed by atoms with Crippen LogP contribution in [-0.2, 0) is 0 Å². The molecule has 2 aromatic rings. The van der Waals surface area contributed by atoms with Crippen molar-refractivity contribution in [3.63, 3.8) is 0 Å². The summed E-state index contributed by atoms with van der Waals surface area (Å²) in [5.74, 6) is 4.22. The molecule has 0 atom stereocenters. The molecule has 0 aliphatic rings. The minimum Gasteiger partial charge on any atom is -0.395 e. The Morgan fingerprint density at radius 2 is 2.10 bits per heavy atom. The zero-order valence-corrected chi connectivity index (χ0v) is 11.0. The number of halogens is 1. The van der Waals surface area contributed by atoms with Crippen molar-refractivity contribution in [3.8, 4) is 11.8 Å². The third-order valence-corrected chi connectivity index (χ3v) is 2.50. The van der Waals surface area contributed by atoms with Crippen molar-refractivity contribution in [2.45, 2.75) is 6.42 Å². The van der Waals surface area contributed by atoms with Crippen molar-refractivity contribution in [1.82, 2.24) is 9.97 Å². The first kappa shape index (κ1) is 14.6. The fraction of sp³-hybridized carbons (Fsp3) is 0.133. The lowest BCUT2D eigenvalue weighted by Gasteiger charge is -2.05. The Balaban J connectivity index is 2.20. The average Bonchev–Trinajstić information content (AvgIpc) is 2.50. The molecule has 1 aromatic carbocycles. The van der Waals surface area contributed by atoms with Crippen LogP contribution in [0.2, 0.25) is 0 Å². The maximum absolute atomic E-state index is 13.7. The van der Waals surface area contributed by atoms with Gasteiger partial charge in [-0.05, 0) is 18.2 Å². The zero-order chi connectivity index (χ0) is 15.1. The summed E-state index contributed by atoms with van der Waals surface area (Å²) in [7, 11) is 0. The van der Waals surface area contributed by atoms with Crippen molar-refractivity contribution in [2.75, 3.05) is 11.9 Å². The van der Waals surface area contributed by atoms with Crippen molar-refractivity contribution >= 4 is 11.6 Å². The molecule has 2 rings (SSSR count). The maximum atomic E-state index is 13.7. The number of anilines is 1. The van der Waals surface area contributed by atoms with E-state index in [1.807, 2.05) is 0 Å². The number of aromatic nitrogens is 2. The molecule has 0 aliphatic heterocycles. The average molecular weight is 285 g/mol. The third kappa shape index (κ3) is 4.09. The van der Waals surface area contributed by atoms with Crippen LogP contribution < -0.4 is 5.32 Å². The fourth-order valence-electron chi connectivity index (χ4n) is 1.56. The summed E-state index contributed by atoms with van der Waals surface area (Å²) in [5, 5.41) is 11.2. The minimum absolute atomic E-state index is 0.0461. The van der Waals surface area contributed by atoms with E-state index in [9.17, 15) is 9.18 Å². The summed E-state index contributed by atoms with van der Waals surface area (Å²) < 4.78 is 13.7. The van der Waals surface area contributed by atoms with Gasteiger partial charge >= 0.3 is 0 Å². The van der Waals surface area contributed by atoms with Crippen LogP contribution in [0.25, 0.3) is 0 Å². The second-order valence-corrected chi connectivity index (χ2v) is 4.05. The van der Waals surface area contributed by atoms with E-state index in [1.54, 1.807) is 0 Å². The highest BCUT2D eigenvalue weighted by molar-refractivity contribution is 6.04. The number of carbonyl (C=O) groups excluding carboxylic acids is 1. The van der Waals surface area contributed by atoms with Gasteiger partial charge in [0.25, 0.3) is 5.91 Å². The number of rotatable bonds is 3. The van der Waals surface area contributed by atoms with Gasteiger partial charge in [-0.25, -0.2) is 14.4 Å². The maximum Gasteiger partial charge on any atom is 0.258 e. The van der Waals surface area contributed by atoms with Crippen LogP contribution in [0.5, 0.6) is 0 Å². The lowest BCUT2D eigenvalue weighted by molar-refractivity contribution is 0.102. The third-order valence-electron chi connectivity index (χ3n) is 2.50. The molecule has 106 valence electrons. The highest BCUT2D eigenvalue weighted by Gasteiger charge is 2.12. The fourth-order valence-corrected chi connectivity index (χ4v) is 1.56. The molecule has 6 heteroatoms. The van der Waals surface area contributed by atoms with Gasteiger partial charge in [-0.15, -0.1) is 0 Å². The van der Waals surface area contributed by atoms with Crippen LogP contribution in [0.1, 0.15) is 22.3 Å². The van der Waals surface area contributed by atoms with E-state index in [0.717, 1.165) is 0 Å². The molecule has 0 saturated heterocycles. The van der Waals surface area contributed by atoms with Crippen LogP contribution >= 0.6 is 0 Å². The molecule has 21 heavy (non-hydrogen) atoms. The standard InChI is InChI=1S/C15H12FN3O2/c16-14-5-4-11(3-1-2-6-20)7-13(14)15(21)19-12-8-17-10-18-9-12/h4-5,7-10,20H,2,6H2,(H,19,21). The number of aliphatic hydroxyl groups excluding tert-OH is 1. The summed E-state index contributed by atoms with van der Waals surface area (Å²) in [6.45, 7) is -0.0461. The number of amides is 1. The number of carbonyl (C=O) groups is 1. The first-order valence-corrected chi connectivity index (χ1v) is 6.16. The lowest BCUT2D eigenvalue weighted by Crippen LogP contribution is -2.14. The summed E-state index contributed by atoms with van der Waals surface area (Å²) in [5.41, 5.74) is 0.757. The smallest absolute Gasteiger partial charge is 0.258 e. The van der Waals surface area contributed by atoms with E-state index in [-0.39, 0.29) is 12.2 Å². The SMILES string of the molecule is O=C(Nc1cncnc1)c1cc(C#CCCO)ccc1F. The van der Waals surface area contributed by atoms with Crippen LogP contribution in [0.3, 0.4) is 0 Å². The molecule has 1 heterocycles. The van der Waals surface area contributed by atoms with Gasteiger partial charge in [-0.1, -0.05) is 11.8 Å². The lowest BCUT2D eigenvalue weighted by atomic mass is 10.1. The number of hydrogen-bond acceptors (Lipinski definition) is 4. The van der Waals surface area contributed by atoms with Gasteiger partial charge in [0, 0.05) is 12.0 Å². The normalized spacial score (nSPS) is 9.62. The first-order valence-electron chi connectivity index (χ1n) is 6.16. The first-order chi connectivity index (χ1) is 10.2. The van der Waals surface area contributed by atoms with E-state index in [1.165, 1.54) is 36.9 Å². The highest BCUT2D eigenvalue weighted by Crippen LogP contribution is 2.12. The van der Waals surface area contributed by atoms with Crippen LogP contribution in [-0.4, -0.2) is 27.6 Å². The van der Waals surface area contributed by atoms with Gasteiger partial charge < -0.3 is 10.4 Å². The Labute approximate surface area is 120 Å². The summed E-state index contributed by atoms with van der Waals surface area (Å²) >= 11 is 0. The van der Waals surface area contributed by atoms with Gasteiger partial charge in [-0.2, -0.15) is 0 Å². The van der Waals surface area contributed by atoms with Gasteiger partial charge in [0.15, 0.2) is 0 Å². The topological polar surface area (TPSA) is 75.1 Å². The van der Waals surface area contributed by atoms with Gasteiger partial charge in [0.2, 0.25) is 0 Å². The number of nitrogens with zero attached hydrogens (tertiary/aromatic N) is 2. The zero-order valence-electron chi connectivity index (χ0n) is 11.0. The van der Waals surface area contributed by atoms with Gasteiger partial charge in [0.05, 0.1) is 30.3 Å². The molecule has 0 spiro atoms. The van der Waals surface area contributed by atoms with Crippen molar-refractivity contribution < 1.29 is 14.3 Å². The predicted molar refractivity (Wildman–Crippen MR) is 75.0 cm³/mol. The molecule has 1 amide bonds. The Kier molecular flexibility index (Phi) is 4.96. The van der Waals surface area contributed by atoms with Crippen molar-refractivity contribution in [2.24, 2.45) is 0 Å². The summed E-state index contributed by atoms with van der Waals surface area (Å²) in [4.78, 5) is 19.5. The predicted octanol–water partition coefficient (Wildman–Crippen LogP) is 1.60. The Bertz CT molecular complexity index is 693. The van der Waals surface area contributed by atoms with Gasteiger partial charge in [0.1, 0.15) is 12.1 Å². The van der Waals surface area contributed by atoms with Crippen LogP contribution in [0, 0.1) is 17.7 Å². The number of aliphatic hydroxyl groups is 1. The summed E-state index contributed by atoms with van der Waals surface area (Å²) in [6, 6.07) is 4.01. The quantitative estimate of drug-likeness (QED) is 0.840. The second-order valence-electron chi connectivity index (χ2n) is 4.05. The van der Waals surface area contributed by atoms with E-state index in [4.69, 9.17) is 5.11 Å². The molecule has 0 fully saturated rings. The monoisotopic (exact) mass is 285 g/mol. The van der Waals surface area contributed by atoms with E-state index in [2.05, 4.69) is 27.1 Å². The molecular weight excluding hydrogens is 273 g/mol. The van der Waals surface area contributed by atoms with Gasteiger partial charge in [-0.3, -0.25) is 4.79 Å². The molecular formula is C15H12FN3O2. The Morgan fingerprint density at radius 3 is 2.81 bits per heavy atom. The molecule has 0 aliphatic carbocycles. The molecule has 2 N–H and O–H groups in total. The number of nitrogens with one attached hydrogen (secondary N) is 1. The second kappa shape index (κ2) is 7.12. The molecule has 0 saturated carbocycles. The minimum atomic E-state index is -0.642. The summed E-state index contributed by atoms with van der Waals surface area (Å²) in [6.07, 6.45) is 4.47. The van der Waals surface area contributed by atoms with Crippen LogP contribution in [0.15, 0.2) is 36.9 Å². The van der Waals surface area contributed by atoms with Crippen molar-refractivity contribution in [1.29, 1.82) is 0 Å². The largest absolute Gasteiger partial charge is 0.395 e. The van der Waals surface area contributed by atoms with E-state index < -0.39 is 11.7 Å². The molecule has 0 bridgehead atoms. The van der Waals surface area contributed by atoms with E-state index in [0.29, 0.717) is 17.7 Å². The Hall–Kier alpha value is -2.78. The number of hydrogen-bond donors (Lipinski definition) is 2. The molecule has 5 nitrogen and oxygen atoms in total. The van der Waals surface area contributed by atoms with E-state index >= 15 is 0 Å². The number of benzene rings is 1. The Morgan fingerprint density at radius 1 is 1.33 bits per heavy atom. The van der Waals surface area contributed by atoms with Crippen LogP contribution in [0.4, 0.5) is 10.1 Å². The highest BCUT2D eigenvalue weighted by atomic mass is 19.1.